The Bertz CT molecular complexity index is 82.2. The van der Waals surface area contributed by atoms with Crippen molar-refractivity contribution < 1.29 is 4.79 Å². The number of allylic oxidation sites excluding steroid dienone is 2. The van der Waals surface area contributed by atoms with Crippen LogP contribution in [0, 0.1) is 0 Å². The molecule has 0 N–H and O–H groups in total. The van der Waals surface area contributed by atoms with E-state index in [-0.39, 0.29) is 0 Å². The molecule has 0 saturated heterocycles. The standard InChI is InChI=1S/C6H9O/c1-3-6(4-2)5-7/h3H,4H2,1-2H3. The number of rotatable bonds is 2. The first-order valence-corrected chi connectivity index (χ1v) is 2.38. The van der Waals surface area contributed by atoms with Gasteiger partial charge < -0.3 is 0 Å². The number of carbonyl (C=O) groups excluding carboxylic acids is 1. The predicted octanol–water partition coefficient (Wildman–Crippen LogP) is 1.45. The van der Waals surface area contributed by atoms with E-state index in [9.17, 15) is 4.79 Å². The summed E-state index contributed by atoms with van der Waals surface area (Å²) in [5.74, 6) is 0. The van der Waals surface area contributed by atoms with Crippen molar-refractivity contribution in [1.29, 1.82) is 0 Å². The Labute approximate surface area is 44.0 Å². The maximum absolute atomic E-state index is 9.77. The van der Waals surface area contributed by atoms with Crippen LogP contribution >= 0.6 is 0 Å². The van der Waals surface area contributed by atoms with Crippen molar-refractivity contribution in [2.45, 2.75) is 20.3 Å². The average molecular weight is 97.1 g/mol. The summed E-state index contributed by atoms with van der Waals surface area (Å²) in [6.07, 6.45) is 4.38. The molecule has 0 heterocycles. The molecule has 0 aromatic carbocycles. The van der Waals surface area contributed by atoms with Gasteiger partial charge in [0.2, 0.25) is 6.29 Å². The Hall–Kier alpha value is -0.590. The maximum atomic E-state index is 9.77. The molecule has 1 radical (unpaired) electrons. The molecule has 1 nitrogen and oxygen atoms in total. The number of hydrogen-bond acceptors (Lipinski definition) is 1. The van der Waals surface area contributed by atoms with E-state index in [0.717, 1.165) is 12.0 Å². The van der Waals surface area contributed by atoms with Crippen LogP contribution in [0.25, 0.3) is 0 Å². The van der Waals surface area contributed by atoms with Crippen molar-refractivity contribution in [3.8, 4) is 0 Å². The molecule has 0 saturated carbocycles. The molecule has 0 aliphatic heterocycles. The second kappa shape index (κ2) is 3.59. The second-order valence-electron chi connectivity index (χ2n) is 1.27. The van der Waals surface area contributed by atoms with Crippen molar-refractivity contribution in [1.82, 2.24) is 0 Å². The normalized spacial score (nSPS) is 11.4. The minimum absolute atomic E-state index is 0.750. The van der Waals surface area contributed by atoms with Crippen LogP contribution in [-0.4, -0.2) is 6.29 Å². The van der Waals surface area contributed by atoms with Crippen LogP contribution in [0.15, 0.2) is 11.6 Å². The lowest BCUT2D eigenvalue weighted by Crippen LogP contribution is -1.77. The van der Waals surface area contributed by atoms with Gasteiger partial charge in [-0.1, -0.05) is 13.0 Å². The zero-order valence-electron chi connectivity index (χ0n) is 4.69. The number of hydrogen-bond donors (Lipinski definition) is 0. The third-order valence-electron chi connectivity index (χ3n) is 0.860. The van der Waals surface area contributed by atoms with E-state index in [2.05, 4.69) is 0 Å². The Morgan fingerprint density at radius 2 is 2.43 bits per heavy atom. The molecule has 0 amide bonds. The third-order valence-corrected chi connectivity index (χ3v) is 0.860. The molecule has 0 atom stereocenters. The SMILES string of the molecule is CC=C([C]=O)CC. The first-order valence-electron chi connectivity index (χ1n) is 2.38. The van der Waals surface area contributed by atoms with Crippen molar-refractivity contribution in [3.05, 3.63) is 11.6 Å². The zero-order chi connectivity index (χ0) is 5.70. The van der Waals surface area contributed by atoms with Gasteiger partial charge in [0.25, 0.3) is 0 Å². The van der Waals surface area contributed by atoms with Crippen LogP contribution in [0.3, 0.4) is 0 Å². The van der Waals surface area contributed by atoms with Gasteiger partial charge in [-0.3, -0.25) is 4.79 Å². The summed E-state index contributed by atoms with van der Waals surface area (Å²) < 4.78 is 0. The molecule has 1 heteroatoms. The van der Waals surface area contributed by atoms with Gasteiger partial charge >= 0.3 is 0 Å². The molecule has 0 aromatic rings. The highest BCUT2D eigenvalue weighted by atomic mass is 16.1. The predicted molar refractivity (Wildman–Crippen MR) is 29.7 cm³/mol. The maximum Gasteiger partial charge on any atom is 0.228 e. The van der Waals surface area contributed by atoms with Crippen LogP contribution in [-0.2, 0) is 4.79 Å². The van der Waals surface area contributed by atoms with Crippen LogP contribution in [0.1, 0.15) is 20.3 Å². The van der Waals surface area contributed by atoms with Crippen LogP contribution in [0.4, 0.5) is 0 Å². The molecule has 0 fully saturated rings. The molecule has 0 aliphatic rings. The van der Waals surface area contributed by atoms with Gasteiger partial charge in [-0.2, -0.15) is 0 Å². The summed E-state index contributed by atoms with van der Waals surface area (Å²) in [4.78, 5) is 9.77. The first-order chi connectivity index (χ1) is 3.35. The Morgan fingerprint density at radius 1 is 1.86 bits per heavy atom. The van der Waals surface area contributed by atoms with Crippen LogP contribution in [0.2, 0.25) is 0 Å². The molecule has 0 unspecified atom stereocenters. The van der Waals surface area contributed by atoms with Gasteiger partial charge in [-0.05, 0) is 18.9 Å². The smallest absolute Gasteiger partial charge is 0.228 e. The van der Waals surface area contributed by atoms with Gasteiger partial charge in [-0.25, -0.2) is 0 Å². The Morgan fingerprint density at radius 3 is 2.43 bits per heavy atom. The van der Waals surface area contributed by atoms with Gasteiger partial charge in [0, 0.05) is 0 Å². The summed E-state index contributed by atoms with van der Waals surface area (Å²) in [5, 5.41) is 0. The summed E-state index contributed by atoms with van der Waals surface area (Å²) in [5.41, 5.74) is 0.750. The minimum Gasteiger partial charge on any atom is -0.285 e. The zero-order valence-corrected chi connectivity index (χ0v) is 4.69. The third kappa shape index (κ3) is 2.15. The molecular weight excluding hydrogens is 88.1 g/mol. The molecule has 0 rings (SSSR count). The van der Waals surface area contributed by atoms with Crippen LogP contribution in [0.5, 0.6) is 0 Å². The summed E-state index contributed by atoms with van der Waals surface area (Å²) in [6, 6.07) is 0. The summed E-state index contributed by atoms with van der Waals surface area (Å²) in [7, 11) is 0. The van der Waals surface area contributed by atoms with Crippen molar-refractivity contribution in [2.75, 3.05) is 0 Å². The largest absolute Gasteiger partial charge is 0.285 e. The quantitative estimate of drug-likeness (QED) is 0.476. The van der Waals surface area contributed by atoms with Crippen molar-refractivity contribution in [2.24, 2.45) is 0 Å². The lowest BCUT2D eigenvalue weighted by molar-refractivity contribution is 0.560. The van der Waals surface area contributed by atoms with Crippen LogP contribution < -0.4 is 0 Å². The van der Waals surface area contributed by atoms with E-state index in [1.165, 1.54) is 0 Å². The average Bonchev–Trinajstić information content (AvgIpc) is 1.72. The molecule has 0 bridgehead atoms. The highest BCUT2D eigenvalue weighted by Crippen LogP contribution is 1.92. The fraction of sp³-hybridized carbons (Fsp3) is 0.500. The van der Waals surface area contributed by atoms with E-state index >= 15 is 0 Å². The molecular formula is C6H9O. The lowest BCUT2D eigenvalue weighted by atomic mass is 10.2. The fourth-order valence-corrected chi connectivity index (χ4v) is 0.335. The second-order valence-corrected chi connectivity index (χ2v) is 1.27. The van der Waals surface area contributed by atoms with E-state index < -0.39 is 0 Å². The Kier molecular flexibility index (Phi) is 3.29. The first kappa shape index (κ1) is 6.41. The topological polar surface area (TPSA) is 17.1 Å². The van der Waals surface area contributed by atoms with Crippen molar-refractivity contribution >= 4 is 6.29 Å². The molecule has 0 aliphatic carbocycles. The molecule has 39 valence electrons. The van der Waals surface area contributed by atoms with Gasteiger partial charge in [-0.15, -0.1) is 0 Å². The molecule has 0 aromatic heterocycles. The highest BCUT2D eigenvalue weighted by molar-refractivity contribution is 5.73. The van der Waals surface area contributed by atoms with Gasteiger partial charge in [0.1, 0.15) is 0 Å². The summed E-state index contributed by atoms with van der Waals surface area (Å²) in [6.45, 7) is 3.77. The van der Waals surface area contributed by atoms with Crippen molar-refractivity contribution in [3.63, 3.8) is 0 Å². The minimum atomic E-state index is 0.750. The van der Waals surface area contributed by atoms with Gasteiger partial charge in [0.15, 0.2) is 0 Å². The molecule has 7 heavy (non-hydrogen) atoms. The van der Waals surface area contributed by atoms with E-state index in [1.54, 1.807) is 6.08 Å². The van der Waals surface area contributed by atoms with Gasteiger partial charge in [0.05, 0.1) is 0 Å². The monoisotopic (exact) mass is 97.1 g/mol. The van der Waals surface area contributed by atoms with E-state index in [0.29, 0.717) is 0 Å². The Balaban J connectivity index is 3.60. The summed E-state index contributed by atoms with van der Waals surface area (Å²) >= 11 is 0. The molecule has 0 spiro atoms. The van der Waals surface area contributed by atoms with E-state index in [1.807, 2.05) is 20.1 Å². The fourth-order valence-electron chi connectivity index (χ4n) is 0.335. The lowest BCUT2D eigenvalue weighted by Gasteiger charge is -1.82. The highest BCUT2D eigenvalue weighted by Gasteiger charge is 1.84. The van der Waals surface area contributed by atoms with E-state index in [4.69, 9.17) is 0 Å².